The average Bonchev–Trinajstić information content (AvgIpc) is 3.27. The molecule has 3 aliphatic rings. The van der Waals surface area contributed by atoms with Crippen LogP contribution in [0.3, 0.4) is 0 Å². The lowest BCUT2D eigenvalue weighted by Gasteiger charge is -2.35. The summed E-state index contributed by atoms with van der Waals surface area (Å²) < 4.78 is 6.35. The van der Waals surface area contributed by atoms with E-state index in [9.17, 15) is 4.79 Å². The van der Waals surface area contributed by atoms with Gasteiger partial charge >= 0.3 is 0 Å². The summed E-state index contributed by atoms with van der Waals surface area (Å²) >= 11 is 0. The smallest absolute Gasteiger partial charge is 0.222 e. The lowest BCUT2D eigenvalue weighted by Crippen LogP contribution is -2.47. The first kappa shape index (κ1) is 21.6. The second kappa shape index (κ2) is 10.6. The third-order valence-electron chi connectivity index (χ3n) is 7.19. The monoisotopic (exact) mass is 413 g/mol. The van der Waals surface area contributed by atoms with Crippen molar-refractivity contribution in [2.24, 2.45) is 5.92 Å². The van der Waals surface area contributed by atoms with Crippen LogP contribution in [0, 0.1) is 5.92 Å². The van der Waals surface area contributed by atoms with Gasteiger partial charge in [-0.2, -0.15) is 0 Å². The van der Waals surface area contributed by atoms with Crippen molar-refractivity contribution in [3.63, 3.8) is 0 Å². The highest BCUT2D eigenvalue weighted by Crippen LogP contribution is 2.29. The van der Waals surface area contributed by atoms with Crippen molar-refractivity contribution in [3.05, 3.63) is 29.8 Å². The van der Waals surface area contributed by atoms with Gasteiger partial charge in [0.15, 0.2) is 0 Å². The Kier molecular flexibility index (Phi) is 7.67. The van der Waals surface area contributed by atoms with Crippen molar-refractivity contribution in [1.82, 2.24) is 14.7 Å². The van der Waals surface area contributed by atoms with E-state index < -0.39 is 0 Å². The zero-order chi connectivity index (χ0) is 20.8. The van der Waals surface area contributed by atoms with Gasteiger partial charge in [-0.15, -0.1) is 0 Å². The summed E-state index contributed by atoms with van der Waals surface area (Å²) in [6.45, 7) is 7.02. The number of benzene rings is 1. The molecule has 2 heterocycles. The Morgan fingerprint density at radius 2 is 1.77 bits per heavy atom. The van der Waals surface area contributed by atoms with Gasteiger partial charge < -0.3 is 14.5 Å². The molecule has 0 aromatic heterocycles. The Bertz CT molecular complexity index is 681. The van der Waals surface area contributed by atoms with E-state index in [-0.39, 0.29) is 0 Å². The number of piperidine rings is 1. The van der Waals surface area contributed by atoms with Crippen molar-refractivity contribution in [2.75, 3.05) is 46.3 Å². The van der Waals surface area contributed by atoms with E-state index in [4.69, 9.17) is 4.74 Å². The Morgan fingerprint density at radius 1 is 1.00 bits per heavy atom. The predicted molar refractivity (Wildman–Crippen MR) is 121 cm³/mol. The van der Waals surface area contributed by atoms with Gasteiger partial charge in [0.05, 0.1) is 6.10 Å². The molecule has 5 heteroatoms. The van der Waals surface area contributed by atoms with Gasteiger partial charge in [0.25, 0.3) is 0 Å². The number of likely N-dealkylation sites (N-methyl/N-ethyl adjacent to an activating group) is 1. The van der Waals surface area contributed by atoms with Crippen molar-refractivity contribution >= 4 is 5.91 Å². The minimum absolute atomic E-state index is 0.357. The zero-order valence-corrected chi connectivity index (χ0v) is 18.7. The molecule has 0 radical (unpaired) electrons. The molecule has 4 rings (SSSR count). The fraction of sp³-hybridized carbons (Fsp3) is 0.720. The van der Waals surface area contributed by atoms with Gasteiger partial charge in [-0.25, -0.2) is 0 Å². The highest BCUT2D eigenvalue weighted by atomic mass is 16.5. The molecule has 166 valence electrons. The number of nitrogens with zero attached hydrogens (tertiary/aromatic N) is 3. The van der Waals surface area contributed by atoms with Crippen LogP contribution in [0.4, 0.5) is 0 Å². The van der Waals surface area contributed by atoms with Gasteiger partial charge in [-0.1, -0.05) is 18.2 Å². The maximum atomic E-state index is 12.6. The molecule has 5 nitrogen and oxygen atoms in total. The molecule has 1 aromatic carbocycles. The number of amides is 1. The Hall–Kier alpha value is -1.59. The number of carbonyl (C=O) groups excluding carboxylic acids is 1. The number of rotatable bonds is 7. The summed E-state index contributed by atoms with van der Waals surface area (Å²) in [7, 11) is 2.13. The molecule has 3 fully saturated rings. The molecule has 0 N–H and O–H groups in total. The van der Waals surface area contributed by atoms with Crippen LogP contribution in [-0.2, 0) is 11.3 Å². The topological polar surface area (TPSA) is 36.0 Å². The van der Waals surface area contributed by atoms with E-state index in [2.05, 4.69) is 46.0 Å². The number of likely N-dealkylation sites (tertiary alicyclic amines) is 1. The van der Waals surface area contributed by atoms with Crippen LogP contribution >= 0.6 is 0 Å². The quantitative estimate of drug-likeness (QED) is 0.682. The summed E-state index contributed by atoms with van der Waals surface area (Å²) in [4.78, 5) is 19.6. The summed E-state index contributed by atoms with van der Waals surface area (Å²) in [6.07, 6.45) is 9.63. The predicted octanol–water partition coefficient (Wildman–Crippen LogP) is 3.77. The van der Waals surface area contributed by atoms with Gasteiger partial charge in [0, 0.05) is 51.3 Å². The highest BCUT2D eigenvalue weighted by Gasteiger charge is 2.24. The normalized spacial score (nSPS) is 24.3. The van der Waals surface area contributed by atoms with Crippen LogP contribution in [0.5, 0.6) is 5.75 Å². The second-order valence-corrected chi connectivity index (χ2v) is 9.60. The van der Waals surface area contributed by atoms with Gasteiger partial charge in [-0.05, 0) is 70.5 Å². The third kappa shape index (κ3) is 5.98. The van der Waals surface area contributed by atoms with Crippen LogP contribution in [0.2, 0.25) is 0 Å². The second-order valence-electron chi connectivity index (χ2n) is 9.60. The van der Waals surface area contributed by atoms with Crippen molar-refractivity contribution in [2.45, 2.75) is 64.0 Å². The standard InChI is InChI=1S/C25H39N3O2/c1-26-15-17-28(18-16-26)25(29)13-12-21-7-6-14-27(19-21)20-22-8-2-5-11-24(22)30-23-9-3-4-10-23/h2,5,8,11,21,23H,3-4,6-7,9-10,12-20H2,1H3. The Morgan fingerprint density at radius 3 is 2.57 bits per heavy atom. The Labute approximate surface area is 182 Å². The van der Waals surface area contributed by atoms with E-state index in [1.165, 1.54) is 44.1 Å². The molecule has 0 bridgehead atoms. The average molecular weight is 414 g/mol. The van der Waals surface area contributed by atoms with Gasteiger partial charge in [0.2, 0.25) is 5.91 Å². The van der Waals surface area contributed by atoms with Crippen LogP contribution in [-0.4, -0.2) is 73.0 Å². The third-order valence-corrected chi connectivity index (χ3v) is 7.19. The van der Waals surface area contributed by atoms with E-state index in [0.717, 1.165) is 58.0 Å². The number of para-hydroxylation sites is 1. The Balaban J connectivity index is 1.26. The molecule has 1 aliphatic carbocycles. The number of piperazine rings is 1. The fourth-order valence-corrected chi connectivity index (χ4v) is 5.25. The summed E-state index contributed by atoms with van der Waals surface area (Å²) in [5, 5.41) is 0. The van der Waals surface area contributed by atoms with Crippen molar-refractivity contribution < 1.29 is 9.53 Å². The van der Waals surface area contributed by atoms with Crippen LogP contribution in [0.1, 0.15) is 56.9 Å². The SMILES string of the molecule is CN1CCN(C(=O)CCC2CCCN(Cc3ccccc3OC3CCCC3)C2)CC1. The molecule has 1 aromatic rings. The molecular weight excluding hydrogens is 374 g/mol. The molecule has 1 saturated carbocycles. The molecule has 30 heavy (non-hydrogen) atoms. The molecule has 2 saturated heterocycles. The summed E-state index contributed by atoms with van der Waals surface area (Å²) in [5.41, 5.74) is 1.32. The molecular formula is C25H39N3O2. The lowest BCUT2D eigenvalue weighted by atomic mass is 9.92. The van der Waals surface area contributed by atoms with E-state index in [1.54, 1.807) is 0 Å². The first-order valence-corrected chi connectivity index (χ1v) is 12.1. The summed E-state index contributed by atoms with van der Waals surface area (Å²) in [5.74, 6) is 2.07. The van der Waals surface area contributed by atoms with Crippen LogP contribution < -0.4 is 4.74 Å². The number of hydrogen-bond acceptors (Lipinski definition) is 4. The summed E-state index contributed by atoms with van der Waals surface area (Å²) in [6, 6.07) is 8.60. The van der Waals surface area contributed by atoms with Gasteiger partial charge in [0.1, 0.15) is 5.75 Å². The first-order valence-electron chi connectivity index (χ1n) is 12.1. The maximum absolute atomic E-state index is 12.6. The van der Waals surface area contributed by atoms with Gasteiger partial charge in [-0.3, -0.25) is 9.69 Å². The molecule has 2 aliphatic heterocycles. The largest absolute Gasteiger partial charge is 0.490 e. The number of hydrogen-bond donors (Lipinski definition) is 0. The molecule has 1 unspecified atom stereocenters. The lowest BCUT2D eigenvalue weighted by molar-refractivity contribution is -0.133. The fourth-order valence-electron chi connectivity index (χ4n) is 5.25. The van der Waals surface area contributed by atoms with Crippen molar-refractivity contribution in [1.29, 1.82) is 0 Å². The van der Waals surface area contributed by atoms with Crippen molar-refractivity contribution in [3.8, 4) is 5.75 Å². The van der Waals surface area contributed by atoms with E-state index in [1.807, 2.05) is 0 Å². The minimum atomic E-state index is 0.357. The first-order chi connectivity index (χ1) is 14.7. The zero-order valence-electron chi connectivity index (χ0n) is 18.7. The molecule has 1 amide bonds. The van der Waals surface area contributed by atoms with Crippen LogP contribution in [0.25, 0.3) is 0 Å². The highest BCUT2D eigenvalue weighted by molar-refractivity contribution is 5.76. The van der Waals surface area contributed by atoms with E-state index in [0.29, 0.717) is 24.3 Å². The molecule has 1 atom stereocenters. The molecule has 0 spiro atoms. The van der Waals surface area contributed by atoms with Crippen LogP contribution in [0.15, 0.2) is 24.3 Å². The van der Waals surface area contributed by atoms with E-state index >= 15 is 0 Å². The number of carbonyl (C=O) groups is 1. The minimum Gasteiger partial charge on any atom is -0.490 e. The maximum Gasteiger partial charge on any atom is 0.222 e. The number of ether oxygens (including phenoxy) is 1.